The van der Waals surface area contributed by atoms with Crippen molar-refractivity contribution < 1.29 is 9.53 Å². The maximum absolute atomic E-state index is 12.5. The van der Waals surface area contributed by atoms with E-state index in [2.05, 4.69) is 37.2 Å². The topological polar surface area (TPSA) is 64.3 Å². The van der Waals surface area contributed by atoms with E-state index in [0.29, 0.717) is 11.4 Å². The van der Waals surface area contributed by atoms with Crippen LogP contribution < -0.4 is 11.1 Å². The van der Waals surface area contributed by atoms with E-state index in [1.807, 2.05) is 20.8 Å². The average Bonchev–Trinajstić information content (AvgIpc) is 2.58. The molecule has 0 bridgehead atoms. The maximum Gasteiger partial charge on any atom is 0.230 e. The molecule has 1 fully saturated rings. The van der Waals surface area contributed by atoms with Crippen molar-refractivity contribution >= 4 is 49.1 Å². The third kappa shape index (κ3) is 3.02. The molecular formula is C14H18Br2N2O2. The fourth-order valence-electron chi connectivity index (χ4n) is 2.64. The van der Waals surface area contributed by atoms with Gasteiger partial charge >= 0.3 is 0 Å². The first-order valence-electron chi connectivity index (χ1n) is 6.52. The molecule has 2 rings (SSSR count). The molecule has 3 N–H and O–H groups in total. The van der Waals surface area contributed by atoms with Crippen LogP contribution in [0.25, 0.3) is 0 Å². The van der Waals surface area contributed by atoms with Crippen LogP contribution in [0.15, 0.2) is 21.1 Å². The molecule has 0 saturated carbocycles. The minimum Gasteiger partial charge on any atom is -0.399 e. The molecule has 1 aromatic carbocycles. The van der Waals surface area contributed by atoms with E-state index in [4.69, 9.17) is 10.5 Å². The first kappa shape index (κ1) is 15.8. The lowest BCUT2D eigenvalue weighted by atomic mass is 9.89. The molecule has 4 unspecified atom stereocenters. The normalized spacial score (nSPS) is 29.4. The van der Waals surface area contributed by atoms with Gasteiger partial charge in [-0.25, -0.2) is 0 Å². The Labute approximate surface area is 135 Å². The van der Waals surface area contributed by atoms with Crippen molar-refractivity contribution in [3.8, 4) is 0 Å². The standard InChI is InChI=1S/C14H18Br2N2O2/c1-6-7(2)20-8(3)12(6)14(19)18-13-10(15)4-9(17)5-11(13)16/h4-8,12H,17H2,1-3H3,(H,18,19). The Bertz CT molecular complexity index is 513. The fourth-order valence-corrected chi connectivity index (χ4v) is 4.06. The highest BCUT2D eigenvalue weighted by Crippen LogP contribution is 2.37. The predicted octanol–water partition coefficient (Wildman–Crippen LogP) is 3.79. The van der Waals surface area contributed by atoms with Crippen LogP contribution in [0.4, 0.5) is 11.4 Å². The summed E-state index contributed by atoms with van der Waals surface area (Å²) < 4.78 is 7.23. The van der Waals surface area contributed by atoms with Gasteiger partial charge in [0.15, 0.2) is 0 Å². The Hall–Kier alpha value is -0.590. The Morgan fingerprint density at radius 2 is 1.75 bits per heavy atom. The predicted molar refractivity (Wildman–Crippen MR) is 87.5 cm³/mol. The number of halogens is 2. The zero-order valence-electron chi connectivity index (χ0n) is 11.6. The molecule has 1 aliphatic heterocycles. The van der Waals surface area contributed by atoms with Gasteiger partial charge in [-0.3, -0.25) is 4.79 Å². The number of nitrogens with one attached hydrogen (secondary N) is 1. The first-order valence-corrected chi connectivity index (χ1v) is 8.10. The van der Waals surface area contributed by atoms with E-state index in [-0.39, 0.29) is 30.0 Å². The van der Waals surface area contributed by atoms with Gasteiger partial charge in [-0.1, -0.05) is 6.92 Å². The summed E-state index contributed by atoms with van der Waals surface area (Å²) in [5.74, 6) is 0.0122. The van der Waals surface area contributed by atoms with Gasteiger partial charge in [-0.2, -0.15) is 0 Å². The van der Waals surface area contributed by atoms with E-state index < -0.39 is 0 Å². The van der Waals surface area contributed by atoms with Crippen molar-refractivity contribution in [3.63, 3.8) is 0 Å². The van der Waals surface area contributed by atoms with Crippen LogP contribution in [-0.4, -0.2) is 18.1 Å². The molecule has 1 amide bonds. The summed E-state index contributed by atoms with van der Waals surface area (Å²) in [5, 5.41) is 2.96. The zero-order valence-corrected chi connectivity index (χ0v) is 14.8. The molecule has 4 nitrogen and oxygen atoms in total. The summed E-state index contributed by atoms with van der Waals surface area (Å²) in [6, 6.07) is 3.53. The van der Waals surface area contributed by atoms with Gasteiger partial charge < -0.3 is 15.8 Å². The molecule has 1 aromatic rings. The second-order valence-corrected chi connectivity index (χ2v) is 6.99. The molecule has 1 saturated heterocycles. The minimum atomic E-state index is -0.152. The lowest BCUT2D eigenvalue weighted by molar-refractivity contribution is -0.121. The second-order valence-electron chi connectivity index (χ2n) is 5.28. The highest BCUT2D eigenvalue weighted by atomic mass is 79.9. The van der Waals surface area contributed by atoms with E-state index >= 15 is 0 Å². The van der Waals surface area contributed by atoms with Gasteiger partial charge in [0.1, 0.15) is 0 Å². The number of rotatable bonds is 2. The smallest absolute Gasteiger partial charge is 0.230 e. The number of carbonyl (C=O) groups excluding carboxylic acids is 1. The highest BCUT2D eigenvalue weighted by Gasteiger charge is 2.41. The number of hydrogen-bond donors (Lipinski definition) is 2. The average molecular weight is 406 g/mol. The summed E-state index contributed by atoms with van der Waals surface area (Å²) in [6.45, 7) is 5.99. The quantitative estimate of drug-likeness (QED) is 0.735. The lowest BCUT2D eigenvalue weighted by Crippen LogP contribution is -2.32. The Morgan fingerprint density at radius 3 is 2.20 bits per heavy atom. The van der Waals surface area contributed by atoms with Gasteiger partial charge in [0.2, 0.25) is 5.91 Å². The Kier molecular flexibility index (Phi) is 4.76. The van der Waals surface area contributed by atoms with E-state index in [1.54, 1.807) is 12.1 Å². The first-order chi connectivity index (χ1) is 9.31. The van der Waals surface area contributed by atoms with Crippen LogP contribution in [0, 0.1) is 11.8 Å². The highest BCUT2D eigenvalue weighted by molar-refractivity contribution is 9.11. The van der Waals surface area contributed by atoms with Crippen LogP contribution in [0.2, 0.25) is 0 Å². The summed E-state index contributed by atoms with van der Waals surface area (Å²) in [4.78, 5) is 12.5. The van der Waals surface area contributed by atoms with Crippen molar-refractivity contribution in [1.29, 1.82) is 0 Å². The SMILES string of the molecule is CC1OC(C)C(C(=O)Nc2c(Br)cc(N)cc2Br)C1C. The maximum atomic E-state index is 12.5. The largest absolute Gasteiger partial charge is 0.399 e. The summed E-state index contributed by atoms with van der Waals surface area (Å²) in [7, 11) is 0. The van der Waals surface area contributed by atoms with Crippen LogP contribution in [0.1, 0.15) is 20.8 Å². The van der Waals surface area contributed by atoms with E-state index in [0.717, 1.165) is 8.95 Å². The van der Waals surface area contributed by atoms with Gasteiger partial charge in [0.05, 0.1) is 23.8 Å². The van der Waals surface area contributed by atoms with Crippen LogP contribution in [-0.2, 0) is 9.53 Å². The summed E-state index contributed by atoms with van der Waals surface area (Å²) in [5.41, 5.74) is 7.07. The van der Waals surface area contributed by atoms with Crippen molar-refractivity contribution in [3.05, 3.63) is 21.1 Å². The molecule has 1 aliphatic rings. The summed E-state index contributed by atoms with van der Waals surface area (Å²) >= 11 is 6.84. The molecule has 0 spiro atoms. The molecule has 0 radical (unpaired) electrons. The Morgan fingerprint density at radius 1 is 1.20 bits per heavy atom. The van der Waals surface area contributed by atoms with E-state index in [1.165, 1.54) is 0 Å². The molecule has 1 heterocycles. The van der Waals surface area contributed by atoms with Gasteiger partial charge in [0, 0.05) is 14.6 Å². The third-order valence-corrected chi connectivity index (χ3v) is 5.11. The minimum absolute atomic E-state index is 0.0273. The van der Waals surface area contributed by atoms with Crippen LogP contribution in [0.3, 0.4) is 0 Å². The van der Waals surface area contributed by atoms with Crippen LogP contribution in [0.5, 0.6) is 0 Å². The Balaban J connectivity index is 2.21. The number of nitrogens with two attached hydrogens (primary N) is 1. The lowest BCUT2D eigenvalue weighted by Gasteiger charge is -2.19. The molecule has 6 heteroatoms. The van der Waals surface area contributed by atoms with Gasteiger partial charge in [-0.05, 0) is 63.8 Å². The molecule has 0 aliphatic carbocycles. The zero-order chi connectivity index (χ0) is 15.0. The molecule has 0 aromatic heterocycles. The van der Waals surface area contributed by atoms with Gasteiger partial charge in [0.25, 0.3) is 0 Å². The van der Waals surface area contributed by atoms with Crippen molar-refractivity contribution in [2.45, 2.75) is 33.0 Å². The van der Waals surface area contributed by atoms with Gasteiger partial charge in [-0.15, -0.1) is 0 Å². The van der Waals surface area contributed by atoms with E-state index in [9.17, 15) is 4.79 Å². The number of hydrogen-bond acceptors (Lipinski definition) is 3. The van der Waals surface area contributed by atoms with Crippen molar-refractivity contribution in [1.82, 2.24) is 0 Å². The summed E-state index contributed by atoms with van der Waals surface area (Å²) in [6.07, 6.45) is 0.0189. The molecular weight excluding hydrogens is 388 g/mol. The molecule has 20 heavy (non-hydrogen) atoms. The fraction of sp³-hybridized carbons (Fsp3) is 0.500. The van der Waals surface area contributed by atoms with Crippen LogP contribution >= 0.6 is 31.9 Å². The molecule has 110 valence electrons. The number of anilines is 2. The number of benzene rings is 1. The monoisotopic (exact) mass is 404 g/mol. The van der Waals surface area contributed by atoms with Crippen molar-refractivity contribution in [2.24, 2.45) is 11.8 Å². The molecule has 4 atom stereocenters. The number of ether oxygens (including phenoxy) is 1. The van der Waals surface area contributed by atoms with Crippen molar-refractivity contribution in [2.75, 3.05) is 11.1 Å². The number of carbonyl (C=O) groups is 1. The number of nitrogen functional groups attached to an aromatic ring is 1. The third-order valence-electron chi connectivity index (χ3n) is 3.86. The number of amides is 1. The second kappa shape index (κ2) is 6.03.